The smallest absolute Gasteiger partial charge is 0.338 e. The van der Waals surface area contributed by atoms with Gasteiger partial charge in [0.1, 0.15) is 13.2 Å². The average Bonchev–Trinajstić information content (AvgIpc) is 2.99. The summed E-state index contributed by atoms with van der Waals surface area (Å²) >= 11 is 0. The second-order valence-electron chi connectivity index (χ2n) is 6.62. The maximum atomic E-state index is 12.3. The number of esters is 1. The number of rotatable bonds is 4. The van der Waals surface area contributed by atoms with E-state index in [1.165, 1.54) is 0 Å². The standard InChI is InChI=1S/C21H20N2O5/c1-12-13(2)22-17-5-3-14(9-16(12)17)21(25)28-11-20(24)23-15-4-6-18-19(10-15)27-8-7-26-18/h3-6,9-10,22H,7-8,11H2,1-2H3,(H,23,24). The van der Waals surface area contributed by atoms with Crippen molar-refractivity contribution in [3.05, 3.63) is 53.2 Å². The molecule has 0 spiro atoms. The van der Waals surface area contributed by atoms with Gasteiger partial charge in [0.15, 0.2) is 18.1 Å². The predicted molar refractivity (Wildman–Crippen MR) is 104 cm³/mol. The van der Waals surface area contributed by atoms with Gasteiger partial charge in [-0.05, 0) is 49.7 Å². The quantitative estimate of drug-likeness (QED) is 0.678. The first-order valence-corrected chi connectivity index (χ1v) is 8.97. The Kier molecular flexibility index (Phi) is 4.65. The van der Waals surface area contributed by atoms with Gasteiger partial charge < -0.3 is 24.5 Å². The Labute approximate surface area is 161 Å². The lowest BCUT2D eigenvalue weighted by atomic mass is 10.1. The van der Waals surface area contributed by atoms with Gasteiger partial charge in [-0.2, -0.15) is 0 Å². The third-order valence-electron chi connectivity index (χ3n) is 4.70. The first-order valence-electron chi connectivity index (χ1n) is 8.97. The van der Waals surface area contributed by atoms with E-state index in [-0.39, 0.29) is 6.61 Å². The number of ether oxygens (including phenoxy) is 3. The number of hydrogen-bond acceptors (Lipinski definition) is 5. The highest BCUT2D eigenvalue weighted by atomic mass is 16.6. The van der Waals surface area contributed by atoms with Crippen molar-refractivity contribution in [2.75, 3.05) is 25.1 Å². The molecule has 1 aromatic heterocycles. The van der Waals surface area contributed by atoms with Crippen molar-refractivity contribution in [3.63, 3.8) is 0 Å². The van der Waals surface area contributed by atoms with Gasteiger partial charge in [-0.25, -0.2) is 4.79 Å². The number of aryl methyl sites for hydroxylation is 2. The van der Waals surface area contributed by atoms with Crippen LogP contribution >= 0.6 is 0 Å². The van der Waals surface area contributed by atoms with Crippen LogP contribution in [0.4, 0.5) is 5.69 Å². The number of carbonyl (C=O) groups is 2. The summed E-state index contributed by atoms with van der Waals surface area (Å²) in [7, 11) is 0. The van der Waals surface area contributed by atoms with Gasteiger partial charge in [0.25, 0.3) is 5.91 Å². The van der Waals surface area contributed by atoms with E-state index >= 15 is 0 Å². The first kappa shape index (κ1) is 17.9. The number of fused-ring (bicyclic) bond motifs is 2. The molecule has 7 nitrogen and oxygen atoms in total. The summed E-state index contributed by atoms with van der Waals surface area (Å²) in [5, 5.41) is 3.65. The van der Waals surface area contributed by atoms with E-state index in [1.54, 1.807) is 30.3 Å². The lowest BCUT2D eigenvalue weighted by Crippen LogP contribution is -2.21. The number of nitrogens with one attached hydrogen (secondary N) is 2. The molecule has 0 saturated heterocycles. The van der Waals surface area contributed by atoms with Crippen LogP contribution < -0.4 is 14.8 Å². The zero-order valence-electron chi connectivity index (χ0n) is 15.6. The Morgan fingerprint density at radius 1 is 1.07 bits per heavy atom. The molecule has 0 fully saturated rings. The van der Waals surface area contributed by atoms with Crippen molar-refractivity contribution in [1.82, 2.24) is 4.98 Å². The van der Waals surface area contributed by atoms with Gasteiger partial charge in [0.2, 0.25) is 0 Å². The van der Waals surface area contributed by atoms with Crippen LogP contribution in [-0.2, 0) is 9.53 Å². The second-order valence-corrected chi connectivity index (χ2v) is 6.62. The summed E-state index contributed by atoms with van der Waals surface area (Å²) in [5.41, 5.74) is 4.05. The molecule has 4 rings (SSSR count). The van der Waals surface area contributed by atoms with Crippen LogP contribution in [0.5, 0.6) is 11.5 Å². The highest BCUT2D eigenvalue weighted by Gasteiger charge is 2.15. The number of amides is 1. The highest BCUT2D eigenvalue weighted by molar-refractivity contribution is 5.98. The molecule has 1 aliphatic rings. The fourth-order valence-electron chi connectivity index (χ4n) is 3.12. The number of carbonyl (C=O) groups excluding carboxylic acids is 2. The molecule has 1 aliphatic heterocycles. The Balaban J connectivity index is 1.38. The fourth-order valence-corrected chi connectivity index (χ4v) is 3.12. The molecule has 2 N–H and O–H groups in total. The maximum absolute atomic E-state index is 12.3. The van der Waals surface area contributed by atoms with Crippen LogP contribution in [0, 0.1) is 13.8 Å². The van der Waals surface area contributed by atoms with E-state index in [9.17, 15) is 9.59 Å². The fraction of sp³-hybridized carbons (Fsp3) is 0.238. The molecule has 144 valence electrons. The van der Waals surface area contributed by atoms with Crippen LogP contribution in [0.1, 0.15) is 21.6 Å². The van der Waals surface area contributed by atoms with Crippen LogP contribution in [0.2, 0.25) is 0 Å². The van der Waals surface area contributed by atoms with Gasteiger partial charge >= 0.3 is 5.97 Å². The number of H-pyrrole nitrogens is 1. The molecule has 0 aliphatic carbocycles. The van der Waals surface area contributed by atoms with E-state index in [0.29, 0.717) is 36.0 Å². The summed E-state index contributed by atoms with van der Waals surface area (Å²) < 4.78 is 16.1. The molecule has 0 saturated carbocycles. The normalized spacial score (nSPS) is 12.6. The molecular weight excluding hydrogens is 360 g/mol. The number of anilines is 1. The Morgan fingerprint density at radius 3 is 2.68 bits per heavy atom. The van der Waals surface area contributed by atoms with Crippen molar-refractivity contribution >= 4 is 28.5 Å². The lowest BCUT2D eigenvalue weighted by Gasteiger charge is -2.19. The maximum Gasteiger partial charge on any atom is 0.338 e. The Bertz CT molecular complexity index is 1070. The minimum absolute atomic E-state index is 0.379. The zero-order chi connectivity index (χ0) is 19.7. The van der Waals surface area contributed by atoms with Crippen LogP contribution in [-0.4, -0.2) is 36.7 Å². The lowest BCUT2D eigenvalue weighted by molar-refractivity contribution is -0.119. The number of hydrogen-bond donors (Lipinski definition) is 2. The monoisotopic (exact) mass is 380 g/mol. The van der Waals surface area contributed by atoms with Crippen molar-refractivity contribution in [3.8, 4) is 11.5 Å². The van der Waals surface area contributed by atoms with E-state index in [1.807, 2.05) is 19.9 Å². The van der Waals surface area contributed by atoms with E-state index in [2.05, 4.69) is 10.3 Å². The second kappa shape index (κ2) is 7.26. The van der Waals surface area contributed by atoms with Gasteiger partial charge in [0.05, 0.1) is 5.56 Å². The molecule has 0 unspecified atom stereocenters. The minimum Gasteiger partial charge on any atom is -0.486 e. The average molecular weight is 380 g/mol. The van der Waals surface area contributed by atoms with Gasteiger partial charge in [-0.15, -0.1) is 0 Å². The Hall–Kier alpha value is -3.48. The molecule has 0 radical (unpaired) electrons. The molecule has 3 aromatic rings. The SMILES string of the molecule is Cc1[nH]c2ccc(C(=O)OCC(=O)Nc3ccc4c(c3)OCCO4)cc2c1C. The molecule has 0 atom stereocenters. The predicted octanol–water partition coefficient (Wildman–Crippen LogP) is 3.35. The van der Waals surface area contributed by atoms with Crippen molar-refractivity contribution < 1.29 is 23.8 Å². The molecule has 2 heterocycles. The summed E-state index contributed by atoms with van der Waals surface area (Å²) in [4.78, 5) is 27.7. The molecule has 1 amide bonds. The minimum atomic E-state index is -0.544. The number of aromatic amines is 1. The molecule has 2 aromatic carbocycles. The van der Waals surface area contributed by atoms with E-state index in [4.69, 9.17) is 14.2 Å². The van der Waals surface area contributed by atoms with Crippen molar-refractivity contribution in [2.45, 2.75) is 13.8 Å². The van der Waals surface area contributed by atoms with Crippen LogP contribution in [0.15, 0.2) is 36.4 Å². The highest BCUT2D eigenvalue weighted by Crippen LogP contribution is 2.32. The number of benzene rings is 2. The third kappa shape index (κ3) is 3.51. The first-order chi connectivity index (χ1) is 13.5. The van der Waals surface area contributed by atoms with Crippen molar-refractivity contribution in [1.29, 1.82) is 0 Å². The summed E-state index contributed by atoms with van der Waals surface area (Å²) in [6.45, 7) is 4.56. The zero-order valence-corrected chi connectivity index (χ0v) is 15.6. The largest absolute Gasteiger partial charge is 0.486 e. The van der Waals surface area contributed by atoms with E-state index < -0.39 is 11.9 Å². The molecule has 0 bridgehead atoms. The summed E-state index contributed by atoms with van der Waals surface area (Å²) in [6, 6.07) is 10.4. The molecular formula is C21H20N2O5. The third-order valence-corrected chi connectivity index (χ3v) is 4.70. The Morgan fingerprint density at radius 2 is 1.86 bits per heavy atom. The van der Waals surface area contributed by atoms with Gasteiger partial charge in [-0.1, -0.05) is 0 Å². The van der Waals surface area contributed by atoms with E-state index in [0.717, 1.165) is 22.2 Å². The topological polar surface area (TPSA) is 89.7 Å². The summed E-state index contributed by atoms with van der Waals surface area (Å²) in [6.07, 6.45) is 0. The van der Waals surface area contributed by atoms with Crippen LogP contribution in [0.3, 0.4) is 0 Å². The molecule has 28 heavy (non-hydrogen) atoms. The van der Waals surface area contributed by atoms with Crippen LogP contribution in [0.25, 0.3) is 10.9 Å². The molecule has 7 heteroatoms. The summed E-state index contributed by atoms with van der Waals surface area (Å²) in [5.74, 6) is 0.241. The van der Waals surface area contributed by atoms with Gasteiger partial charge in [-0.3, -0.25) is 4.79 Å². The van der Waals surface area contributed by atoms with Gasteiger partial charge in [0, 0.05) is 28.4 Å². The van der Waals surface area contributed by atoms with Crippen molar-refractivity contribution in [2.24, 2.45) is 0 Å². The number of aromatic nitrogens is 1.